The zero-order valence-electron chi connectivity index (χ0n) is 15.5. The summed E-state index contributed by atoms with van der Waals surface area (Å²) in [6.07, 6.45) is 0. The van der Waals surface area contributed by atoms with Crippen LogP contribution in [0.1, 0.15) is 10.4 Å². The van der Waals surface area contributed by atoms with E-state index in [4.69, 9.17) is 0 Å². The molecule has 1 aliphatic rings. The van der Waals surface area contributed by atoms with Crippen molar-refractivity contribution < 1.29 is 9.18 Å². The molecule has 1 fully saturated rings. The van der Waals surface area contributed by atoms with Crippen LogP contribution in [0.3, 0.4) is 0 Å². The van der Waals surface area contributed by atoms with Gasteiger partial charge in [-0.3, -0.25) is 4.79 Å². The maximum Gasteiger partial charge on any atom is 0.253 e. The molecule has 0 aromatic heterocycles. The minimum absolute atomic E-state index is 0.0609. The molecule has 0 radical (unpaired) electrons. The molecule has 142 valence electrons. The Morgan fingerprint density at radius 3 is 2.14 bits per heavy atom. The fraction of sp³-hybridized carbons (Fsp3) is 0.174. The van der Waals surface area contributed by atoms with Crippen molar-refractivity contribution in [2.75, 3.05) is 36.4 Å². The molecule has 1 saturated heterocycles. The van der Waals surface area contributed by atoms with Crippen LogP contribution in [0.5, 0.6) is 0 Å². The Bertz CT molecular complexity index is 939. The van der Waals surface area contributed by atoms with E-state index in [0.717, 1.165) is 24.5 Å². The number of carbonyl (C=O) groups excluding carboxylic acids is 1. The fourth-order valence-electron chi connectivity index (χ4n) is 3.41. The molecule has 4 nitrogen and oxygen atoms in total. The SMILES string of the molecule is O=C(c1ccccc1)N1CCN(c2ccc(F)c(Nc3ccccc3)c2)CC1. The second-order valence-corrected chi connectivity index (χ2v) is 6.80. The molecule has 0 bridgehead atoms. The Morgan fingerprint density at radius 2 is 1.46 bits per heavy atom. The molecule has 28 heavy (non-hydrogen) atoms. The third-order valence-electron chi connectivity index (χ3n) is 4.96. The van der Waals surface area contributed by atoms with Crippen molar-refractivity contribution >= 4 is 23.0 Å². The van der Waals surface area contributed by atoms with E-state index in [1.807, 2.05) is 71.6 Å². The van der Waals surface area contributed by atoms with Crippen molar-refractivity contribution in [2.24, 2.45) is 0 Å². The molecule has 4 rings (SSSR count). The molecule has 0 spiro atoms. The molecule has 1 aliphatic heterocycles. The van der Waals surface area contributed by atoms with Gasteiger partial charge in [-0.25, -0.2) is 4.39 Å². The summed E-state index contributed by atoms with van der Waals surface area (Å²) in [5, 5.41) is 3.13. The first-order valence-corrected chi connectivity index (χ1v) is 9.41. The van der Waals surface area contributed by atoms with E-state index in [9.17, 15) is 9.18 Å². The number of anilines is 3. The molecule has 3 aromatic carbocycles. The first-order chi connectivity index (χ1) is 13.7. The largest absolute Gasteiger partial charge is 0.368 e. The number of piperazine rings is 1. The lowest BCUT2D eigenvalue weighted by molar-refractivity contribution is 0.0747. The van der Waals surface area contributed by atoms with Gasteiger partial charge in [0.1, 0.15) is 5.82 Å². The van der Waals surface area contributed by atoms with E-state index in [-0.39, 0.29) is 11.7 Å². The van der Waals surface area contributed by atoms with Crippen LogP contribution in [0.2, 0.25) is 0 Å². The van der Waals surface area contributed by atoms with Crippen LogP contribution in [0.4, 0.5) is 21.5 Å². The maximum atomic E-state index is 14.2. The van der Waals surface area contributed by atoms with Crippen LogP contribution in [0.15, 0.2) is 78.9 Å². The minimum Gasteiger partial charge on any atom is -0.368 e. The highest BCUT2D eigenvalue weighted by Crippen LogP contribution is 2.26. The van der Waals surface area contributed by atoms with Crippen molar-refractivity contribution in [1.29, 1.82) is 0 Å². The molecular weight excluding hydrogens is 353 g/mol. The van der Waals surface area contributed by atoms with Crippen LogP contribution in [-0.2, 0) is 0 Å². The quantitative estimate of drug-likeness (QED) is 0.728. The van der Waals surface area contributed by atoms with E-state index in [1.165, 1.54) is 6.07 Å². The molecule has 3 aromatic rings. The van der Waals surface area contributed by atoms with Gasteiger partial charge >= 0.3 is 0 Å². The maximum absolute atomic E-state index is 14.2. The van der Waals surface area contributed by atoms with Crippen LogP contribution in [-0.4, -0.2) is 37.0 Å². The Morgan fingerprint density at radius 1 is 0.821 bits per heavy atom. The predicted molar refractivity (Wildman–Crippen MR) is 111 cm³/mol. The van der Waals surface area contributed by atoms with Crippen LogP contribution >= 0.6 is 0 Å². The van der Waals surface area contributed by atoms with Crippen molar-refractivity contribution in [3.63, 3.8) is 0 Å². The van der Waals surface area contributed by atoms with E-state index < -0.39 is 0 Å². The van der Waals surface area contributed by atoms with Gasteiger partial charge in [-0.15, -0.1) is 0 Å². The van der Waals surface area contributed by atoms with Crippen LogP contribution in [0, 0.1) is 5.82 Å². The fourth-order valence-corrected chi connectivity index (χ4v) is 3.41. The lowest BCUT2D eigenvalue weighted by Gasteiger charge is -2.36. The molecule has 1 heterocycles. The molecule has 0 aliphatic carbocycles. The molecule has 0 unspecified atom stereocenters. The molecular formula is C23H22FN3O. The van der Waals surface area contributed by atoms with Gasteiger partial charge in [-0.1, -0.05) is 36.4 Å². The number of carbonyl (C=O) groups is 1. The van der Waals surface area contributed by atoms with Gasteiger partial charge in [0.15, 0.2) is 0 Å². The molecule has 0 atom stereocenters. The zero-order valence-corrected chi connectivity index (χ0v) is 15.5. The first kappa shape index (κ1) is 18.0. The standard InChI is InChI=1S/C23H22FN3O/c24-21-12-11-20(17-22(21)25-19-9-5-2-6-10-19)26-13-15-27(16-14-26)23(28)18-7-3-1-4-8-18/h1-12,17,25H,13-16H2. The van der Waals surface area contributed by atoms with Gasteiger partial charge in [-0.2, -0.15) is 0 Å². The summed E-state index contributed by atoms with van der Waals surface area (Å²) in [4.78, 5) is 16.7. The van der Waals surface area contributed by atoms with Crippen LogP contribution in [0.25, 0.3) is 0 Å². The highest BCUT2D eigenvalue weighted by atomic mass is 19.1. The van der Waals surface area contributed by atoms with Gasteiger partial charge in [-0.05, 0) is 42.5 Å². The van der Waals surface area contributed by atoms with Crippen molar-refractivity contribution in [3.8, 4) is 0 Å². The molecule has 1 amide bonds. The van der Waals surface area contributed by atoms with Gasteiger partial charge in [0, 0.05) is 43.1 Å². The zero-order chi connectivity index (χ0) is 19.3. The summed E-state index contributed by atoms with van der Waals surface area (Å²) in [5.74, 6) is -0.226. The Labute approximate surface area is 164 Å². The Kier molecular flexibility index (Phi) is 5.24. The average Bonchev–Trinajstić information content (AvgIpc) is 2.76. The molecule has 0 saturated carbocycles. The summed E-state index contributed by atoms with van der Waals surface area (Å²) < 4.78 is 14.2. The second-order valence-electron chi connectivity index (χ2n) is 6.80. The summed E-state index contributed by atoms with van der Waals surface area (Å²) in [6, 6.07) is 24.0. The number of amides is 1. The van der Waals surface area contributed by atoms with E-state index >= 15 is 0 Å². The topological polar surface area (TPSA) is 35.6 Å². The molecule has 1 N–H and O–H groups in total. The lowest BCUT2D eigenvalue weighted by Crippen LogP contribution is -2.48. The Hall–Kier alpha value is -3.34. The highest BCUT2D eigenvalue weighted by molar-refractivity contribution is 5.94. The summed E-state index contributed by atoms with van der Waals surface area (Å²) in [6.45, 7) is 2.73. The van der Waals surface area contributed by atoms with Gasteiger partial charge in [0.2, 0.25) is 0 Å². The average molecular weight is 375 g/mol. The second kappa shape index (κ2) is 8.13. The van der Waals surface area contributed by atoms with Gasteiger partial charge in [0.25, 0.3) is 5.91 Å². The summed E-state index contributed by atoms with van der Waals surface area (Å²) >= 11 is 0. The van der Waals surface area contributed by atoms with Crippen molar-refractivity contribution in [2.45, 2.75) is 0 Å². The smallest absolute Gasteiger partial charge is 0.253 e. The predicted octanol–water partition coefficient (Wildman–Crippen LogP) is 4.53. The van der Waals surface area contributed by atoms with Crippen molar-refractivity contribution in [1.82, 2.24) is 4.90 Å². The van der Waals surface area contributed by atoms with E-state index in [2.05, 4.69) is 10.2 Å². The summed E-state index contributed by atoms with van der Waals surface area (Å²) in [7, 11) is 0. The Balaban J connectivity index is 1.43. The third-order valence-corrected chi connectivity index (χ3v) is 4.96. The normalized spacial score (nSPS) is 14.0. The number of hydrogen-bond acceptors (Lipinski definition) is 3. The van der Waals surface area contributed by atoms with E-state index in [1.54, 1.807) is 6.07 Å². The van der Waals surface area contributed by atoms with Crippen molar-refractivity contribution in [3.05, 3.63) is 90.2 Å². The lowest BCUT2D eigenvalue weighted by atomic mass is 10.1. The minimum atomic E-state index is -0.287. The monoisotopic (exact) mass is 375 g/mol. The first-order valence-electron chi connectivity index (χ1n) is 9.41. The van der Waals surface area contributed by atoms with Gasteiger partial charge in [0.05, 0.1) is 5.69 Å². The number of nitrogens with zero attached hydrogens (tertiary/aromatic N) is 2. The highest BCUT2D eigenvalue weighted by Gasteiger charge is 2.22. The number of rotatable bonds is 4. The van der Waals surface area contributed by atoms with Crippen LogP contribution < -0.4 is 10.2 Å². The number of benzene rings is 3. The number of halogens is 1. The van der Waals surface area contributed by atoms with E-state index in [0.29, 0.717) is 24.3 Å². The number of nitrogens with one attached hydrogen (secondary N) is 1. The third kappa shape index (κ3) is 3.98. The number of para-hydroxylation sites is 1. The molecule has 5 heteroatoms. The summed E-state index contributed by atoms with van der Waals surface area (Å²) in [5.41, 5.74) is 2.96. The number of hydrogen-bond donors (Lipinski definition) is 1. The van der Waals surface area contributed by atoms with Gasteiger partial charge < -0.3 is 15.1 Å².